The highest BCUT2D eigenvalue weighted by atomic mass is 32.2. The van der Waals surface area contributed by atoms with Gasteiger partial charge in [0, 0.05) is 31.3 Å². The summed E-state index contributed by atoms with van der Waals surface area (Å²) >= 11 is 1.83. The Morgan fingerprint density at radius 1 is 1.26 bits per heavy atom. The number of piperidine rings is 1. The topological polar surface area (TPSA) is 21.1 Å². The second kappa shape index (κ2) is 6.85. The highest BCUT2D eigenvalue weighted by Crippen LogP contribution is 2.59. The Labute approximate surface area is 162 Å². The Balaban J connectivity index is 1.28. The Kier molecular flexibility index (Phi) is 4.79. The molecule has 2 heterocycles. The van der Waals surface area contributed by atoms with Crippen molar-refractivity contribution in [2.75, 3.05) is 25.4 Å². The first-order valence-electron chi connectivity index (χ1n) is 9.31. The molecule has 0 unspecified atom stereocenters. The predicted molar refractivity (Wildman–Crippen MR) is 101 cm³/mol. The van der Waals surface area contributed by atoms with Crippen LogP contribution in [0.2, 0.25) is 0 Å². The lowest BCUT2D eigenvalue weighted by atomic mass is 9.94. The molecule has 146 valence electrons. The van der Waals surface area contributed by atoms with E-state index in [9.17, 15) is 13.2 Å². The Morgan fingerprint density at radius 3 is 2.63 bits per heavy atom. The molecule has 7 heteroatoms. The van der Waals surface area contributed by atoms with Gasteiger partial charge in [0.2, 0.25) is 0 Å². The van der Waals surface area contributed by atoms with E-state index < -0.39 is 11.7 Å². The van der Waals surface area contributed by atoms with E-state index in [0.29, 0.717) is 5.92 Å². The standard InChI is InChI=1S/C20H24F3N3S/c1-14-24-11-18(25(14)2)27-9-3-8-26-12-17-10-19(17,13-26)15-4-6-16(7-5-15)20(21,22)23/h4-7,11,17H,3,8-10,12-13H2,1-2H3/t17-,19+/m0/s1. The third kappa shape index (κ3) is 3.63. The van der Waals surface area contributed by atoms with E-state index in [1.807, 2.05) is 31.9 Å². The number of benzene rings is 1. The minimum Gasteiger partial charge on any atom is -0.327 e. The third-order valence-electron chi connectivity index (χ3n) is 6.05. The van der Waals surface area contributed by atoms with Crippen molar-refractivity contribution >= 4 is 11.8 Å². The van der Waals surface area contributed by atoms with Gasteiger partial charge in [-0.2, -0.15) is 13.2 Å². The molecule has 2 fully saturated rings. The Hall–Kier alpha value is -1.47. The van der Waals surface area contributed by atoms with Crippen LogP contribution in [0.1, 0.15) is 29.8 Å². The molecule has 1 saturated carbocycles. The molecule has 1 saturated heterocycles. The largest absolute Gasteiger partial charge is 0.416 e. The van der Waals surface area contributed by atoms with Crippen LogP contribution in [0.15, 0.2) is 35.5 Å². The number of halogens is 3. The van der Waals surface area contributed by atoms with Crippen molar-refractivity contribution in [3.8, 4) is 0 Å². The van der Waals surface area contributed by atoms with Gasteiger partial charge >= 0.3 is 6.18 Å². The molecule has 2 atom stereocenters. The molecule has 0 spiro atoms. The molecule has 0 amide bonds. The van der Waals surface area contributed by atoms with E-state index in [2.05, 4.69) is 14.5 Å². The average Bonchev–Trinajstić information content (AvgIpc) is 3.06. The number of imidazole rings is 1. The zero-order valence-electron chi connectivity index (χ0n) is 15.6. The number of nitrogens with zero attached hydrogens (tertiary/aromatic N) is 3. The lowest BCUT2D eigenvalue weighted by molar-refractivity contribution is -0.137. The normalized spacial score (nSPS) is 25.0. The average molecular weight is 395 g/mol. The van der Waals surface area contributed by atoms with E-state index in [1.165, 1.54) is 17.2 Å². The fourth-order valence-electron chi connectivity index (χ4n) is 4.28. The van der Waals surface area contributed by atoms with Gasteiger partial charge in [0.1, 0.15) is 5.82 Å². The molecule has 3 nitrogen and oxygen atoms in total. The summed E-state index contributed by atoms with van der Waals surface area (Å²) in [6, 6.07) is 5.84. The highest BCUT2D eigenvalue weighted by Gasteiger charge is 2.60. The molecule has 1 aliphatic carbocycles. The summed E-state index contributed by atoms with van der Waals surface area (Å²) in [6.45, 7) is 5.08. The number of aryl methyl sites for hydroxylation is 1. The second-order valence-electron chi connectivity index (χ2n) is 7.77. The molecule has 4 rings (SSSR count). The first-order chi connectivity index (χ1) is 12.8. The van der Waals surface area contributed by atoms with E-state index in [0.717, 1.165) is 49.6 Å². The van der Waals surface area contributed by atoms with E-state index in [1.54, 1.807) is 12.1 Å². The van der Waals surface area contributed by atoms with Crippen LogP contribution < -0.4 is 0 Å². The van der Waals surface area contributed by atoms with Gasteiger partial charge in [-0.3, -0.25) is 0 Å². The zero-order valence-corrected chi connectivity index (χ0v) is 16.4. The molecule has 27 heavy (non-hydrogen) atoms. The maximum atomic E-state index is 12.8. The summed E-state index contributed by atoms with van der Waals surface area (Å²) in [4.78, 5) is 6.79. The van der Waals surface area contributed by atoms with Crippen LogP contribution in [0.3, 0.4) is 0 Å². The molecule has 1 aromatic heterocycles. The lowest BCUT2D eigenvalue weighted by Gasteiger charge is -2.21. The zero-order chi connectivity index (χ0) is 19.2. The van der Waals surface area contributed by atoms with Gasteiger partial charge < -0.3 is 9.47 Å². The number of alkyl halides is 3. The van der Waals surface area contributed by atoms with Crippen molar-refractivity contribution in [1.29, 1.82) is 0 Å². The monoisotopic (exact) mass is 395 g/mol. The smallest absolute Gasteiger partial charge is 0.327 e. The van der Waals surface area contributed by atoms with Crippen molar-refractivity contribution in [1.82, 2.24) is 14.5 Å². The fraction of sp³-hybridized carbons (Fsp3) is 0.550. The maximum absolute atomic E-state index is 12.8. The molecule has 2 aromatic rings. The first-order valence-corrected chi connectivity index (χ1v) is 10.3. The molecular formula is C20H24F3N3S. The van der Waals surface area contributed by atoms with Crippen LogP contribution in [-0.2, 0) is 18.6 Å². The molecule has 0 bridgehead atoms. The second-order valence-corrected chi connectivity index (χ2v) is 8.89. The van der Waals surface area contributed by atoms with E-state index in [-0.39, 0.29) is 5.41 Å². The van der Waals surface area contributed by atoms with E-state index in [4.69, 9.17) is 0 Å². The number of thioether (sulfide) groups is 1. The molecular weight excluding hydrogens is 371 g/mol. The molecule has 2 aliphatic rings. The Morgan fingerprint density at radius 2 is 2.00 bits per heavy atom. The SMILES string of the molecule is Cc1ncc(SCCCN2C[C@@H]3C[C@]3(c3ccc(C(F)(F)F)cc3)C2)n1C. The van der Waals surface area contributed by atoms with Crippen LogP contribution in [0.5, 0.6) is 0 Å². The summed E-state index contributed by atoms with van der Waals surface area (Å²) < 4.78 is 40.4. The minimum absolute atomic E-state index is 0.0937. The van der Waals surface area contributed by atoms with Gasteiger partial charge in [-0.25, -0.2) is 4.98 Å². The third-order valence-corrected chi connectivity index (χ3v) is 7.22. The van der Waals surface area contributed by atoms with Crippen molar-refractivity contribution in [3.05, 3.63) is 47.4 Å². The minimum atomic E-state index is -4.26. The van der Waals surface area contributed by atoms with Crippen LogP contribution in [0, 0.1) is 12.8 Å². The van der Waals surface area contributed by atoms with Gasteiger partial charge in [0.05, 0.1) is 16.8 Å². The number of aromatic nitrogens is 2. The number of hydrogen-bond acceptors (Lipinski definition) is 3. The van der Waals surface area contributed by atoms with Crippen LogP contribution in [-0.4, -0.2) is 39.8 Å². The molecule has 1 aromatic carbocycles. The number of hydrogen-bond donors (Lipinski definition) is 0. The van der Waals surface area contributed by atoms with Crippen LogP contribution in [0.4, 0.5) is 13.2 Å². The first kappa shape index (κ1) is 18.9. The van der Waals surface area contributed by atoms with Gasteiger partial charge in [0.25, 0.3) is 0 Å². The van der Waals surface area contributed by atoms with Crippen molar-refractivity contribution in [2.45, 2.75) is 36.4 Å². The molecule has 1 aliphatic heterocycles. The molecule has 0 N–H and O–H groups in total. The summed E-state index contributed by atoms with van der Waals surface area (Å²) in [5.74, 6) is 2.67. The van der Waals surface area contributed by atoms with Crippen molar-refractivity contribution < 1.29 is 13.2 Å². The number of likely N-dealkylation sites (tertiary alicyclic amines) is 1. The van der Waals surface area contributed by atoms with Gasteiger partial charge in [-0.1, -0.05) is 12.1 Å². The summed E-state index contributed by atoms with van der Waals surface area (Å²) in [6.07, 6.45) is -0.127. The number of fused-ring (bicyclic) bond motifs is 1. The summed E-state index contributed by atoms with van der Waals surface area (Å²) in [7, 11) is 2.03. The molecule has 0 radical (unpaired) electrons. The van der Waals surface area contributed by atoms with Crippen molar-refractivity contribution in [3.63, 3.8) is 0 Å². The summed E-state index contributed by atoms with van der Waals surface area (Å²) in [5.41, 5.74) is 0.607. The quantitative estimate of drug-likeness (QED) is 0.531. The Bertz CT molecular complexity index is 815. The van der Waals surface area contributed by atoms with Crippen LogP contribution in [0.25, 0.3) is 0 Å². The van der Waals surface area contributed by atoms with Crippen LogP contribution >= 0.6 is 11.8 Å². The van der Waals surface area contributed by atoms with Gasteiger partial charge in [-0.15, -0.1) is 11.8 Å². The van der Waals surface area contributed by atoms with E-state index >= 15 is 0 Å². The van der Waals surface area contributed by atoms with Gasteiger partial charge in [-0.05, 0) is 49.9 Å². The van der Waals surface area contributed by atoms with Gasteiger partial charge in [0.15, 0.2) is 0 Å². The highest BCUT2D eigenvalue weighted by molar-refractivity contribution is 7.99. The number of rotatable bonds is 6. The predicted octanol–water partition coefficient (Wildman–Crippen LogP) is 4.50. The lowest BCUT2D eigenvalue weighted by Crippen LogP contribution is -2.28. The maximum Gasteiger partial charge on any atom is 0.416 e. The van der Waals surface area contributed by atoms with Crippen molar-refractivity contribution in [2.24, 2.45) is 13.0 Å². The summed E-state index contributed by atoms with van der Waals surface area (Å²) in [5, 5.41) is 1.19. The fourth-order valence-corrected chi connectivity index (χ4v) is 5.21.